The largest absolute Gasteiger partial charge is 0.162 e. The first-order chi connectivity index (χ1) is 4.81. The zero-order chi connectivity index (χ0) is 7.82. The van der Waals surface area contributed by atoms with Crippen LogP contribution in [0.2, 0.25) is 0 Å². The highest BCUT2D eigenvalue weighted by atomic mass is 32.2. The zero-order valence-corrected chi connectivity index (χ0v) is 8.34. The average Bonchev–Trinajstić information content (AvgIpc) is 1.98. The maximum absolute atomic E-state index is 2.32. The summed E-state index contributed by atoms with van der Waals surface area (Å²) in [5.74, 6) is 0. The first-order valence-electron chi connectivity index (χ1n) is 4.34. The van der Waals surface area contributed by atoms with Gasteiger partial charge in [0.05, 0.1) is 0 Å². The van der Waals surface area contributed by atoms with Crippen LogP contribution in [0.3, 0.4) is 0 Å². The van der Waals surface area contributed by atoms with E-state index >= 15 is 0 Å². The van der Waals surface area contributed by atoms with Crippen molar-refractivity contribution in [2.24, 2.45) is 0 Å². The van der Waals surface area contributed by atoms with E-state index in [4.69, 9.17) is 0 Å². The summed E-state index contributed by atoms with van der Waals surface area (Å²) in [7, 11) is 0. The molecule has 0 aliphatic carbocycles. The summed E-state index contributed by atoms with van der Waals surface area (Å²) in [6.07, 6.45) is 9.23. The molecular weight excluding hydrogens is 140 g/mol. The molecule has 1 unspecified atom stereocenters. The summed E-state index contributed by atoms with van der Waals surface area (Å²) in [5, 5.41) is 0.872. The van der Waals surface area contributed by atoms with Gasteiger partial charge in [-0.25, -0.2) is 0 Å². The highest BCUT2D eigenvalue weighted by Gasteiger charge is 1.96. The Bertz CT molecular complexity index is 61.7. The molecule has 0 N–H and O–H groups in total. The van der Waals surface area contributed by atoms with E-state index in [0.717, 1.165) is 5.25 Å². The van der Waals surface area contributed by atoms with Gasteiger partial charge in [-0.15, -0.1) is 0 Å². The molecule has 10 heavy (non-hydrogen) atoms. The van der Waals surface area contributed by atoms with Crippen LogP contribution >= 0.6 is 11.8 Å². The predicted octanol–water partition coefficient (Wildman–Crippen LogP) is 3.71. The fraction of sp³-hybridized carbons (Fsp3) is 1.00. The van der Waals surface area contributed by atoms with E-state index in [-0.39, 0.29) is 0 Å². The van der Waals surface area contributed by atoms with E-state index in [1.165, 1.54) is 32.1 Å². The van der Waals surface area contributed by atoms with Crippen LogP contribution < -0.4 is 0 Å². The summed E-state index contributed by atoms with van der Waals surface area (Å²) in [6, 6.07) is 0. The molecule has 0 aromatic carbocycles. The Morgan fingerprint density at radius 1 is 1.20 bits per heavy atom. The first-order valence-corrected chi connectivity index (χ1v) is 5.62. The molecular formula is C9H20S. The lowest BCUT2D eigenvalue weighted by atomic mass is 10.1. The van der Waals surface area contributed by atoms with Crippen molar-refractivity contribution in [1.29, 1.82) is 0 Å². The van der Waals surface area contributed by atoms with E-state index in [2.05, 4.69) is 20.1 Å². The summed E-state index contributed by atoms with van der Waals surface area (Å²) < 4.78 is 0. The highest BCUT2D eigenvalue weighted by molar-refractivity contribution is 7.99. The van der Waals surface area contributed by atoms with Gasteiger partial charge in [-0.1, -0.05) is 39.5 Å². The van der Waals surface area contributed by atoms with Gasteiger partial charge in [0.15, 0.2) is 0 Å². The van der Waals surface area contributed by atoms with Gasteiger partial charge in [-0.2, -0.15) is 11.8 Å². The molecule has 0 fully saturated rings. The van der Waals surface area contributed by atoms with Crippen LogP contribution in [-0.4, -0.2) is 11.5 Å². The maximum Gasteiger partial charge on any atom is 0.00159 e. The van der Waals surface area contributed by atoms with Gasteiger partial charge in [-0.3, -0.25) is 0 Å². The Morgan fingerprint density at radius 2 is 1.90 bits per heavy atom. The van der Waals surface area contributed by atoms with Crippen molar-refractivity contribution < 1.29 is 0 Å². The smallest absolute Gasteiger partial charge is 0.00159 e. The van der Waals surface area contributed by atoms with Crippen LogP contribution in [0.4, 0.5) is 0 Å². The van der Waals surface area contributed by atoms with Gasteiger partial charge in [0.25, 0.3) is 0 Å². The number of unbranched alkanes of at least 4 members (excludes halogenated alkanes) is 3. The van der Waals surface area contributed by atoms with Crippen molar-refractivity contribution in [3.8, 4) is 0 Å². The third-order valence-corrected chi connectivity index (χ3v) is 2.91. The van der Waals surface area contributed by atoms with Crippen molar-refractivity contribution in [3.63, 3.8) is 0 Å². The van der Waals surface area contributed by atoms with Crippen molar-refractivity contribution in [2.45, 2.75) is 51.2 Å². The fourth-order valence-corrected chi connectivity index (χ4v) is 1.38. The van der Waals surface area contributed by atoms with E-state index in [0.29, 0.717) is 0 Å². The SMILES string of the molecule is CCCCCCC(C)SC. The lowest BCUT2D eigenvalue weighted by Crippen LogP contribution is -1.93. The molecule has 0 bridgehead atoms. The van der Waals surface area contributed by atoms with E-state index in [1.54, 1.807) is 0 Å². The summed E-state index contributed by atoms with van der Waals surface area (Å²) in [6.45, 7) is 4.58. The van der Waals surface area contributed by atoms with Gasteiger partial charge < -0.3 is 0 Å². The third-order valence-electron chi connectivity index (χ3n) is 1.87. The molecule has 0 amide bonds. The Hall–Kier alpha value is 0.350. The number of hydrogen-bond donors (Lipinski definition) is 0. The monoisotopic (exact) mass is 160 g/mol. The van der Waals surface area contributed by atoms with Gasteiger partial charge in [0.1, 0.15) is 0 Å². The number of rotatable bonds is 6. The van der Waals surface area contributed by atoms with Crippen LogP contribution in [-0.2, 0) is 0 Å². The third kappa shape index (κ3) is 6.47. The molecule has 0 spiro atoms. The van der Waals surface area contributed by atoms with Gasteiger partial charge in [-0.05, 0) is 12.7 Å². The molecule has 0 rings (SSSR count). The molecule has 62 valence electrons. The normalized spacial score (nSPS) is 13.5. The molecule has 1 heteroatoms. The minimum absolute atomic E-state index is 0.872. The van der Waals surface area contributed by atoms with Crippen LogP contribution in [0.5, 0.6) is 0 Å². The van der Waals surface area contributed by atoms with Crippen LogP contribution in [0, 0.1) is 0 Å². The van der Waals surface area contributed by atoms with Crippen molar-refractivity contribution >= 4 is 11.8 Å². The van der Waals surface area contributed by atoms with Crippen molar-refractivity contribution in [3.05, 3.63) is 0 Å². The zero-order valence-electron chi connectivity index (χ0n) is 7.52. The summed E-state index contributed by atoms with van der Waals surface area (Å²) in [4.78, 5) is 0. The predicted molar refractivity (Wildman–Crippen MR) is 51.7 cm³/mol. The van der Waals surface area contributed by atoms with Crippen LogP contribution in [0.15, 0.2) is 0 Å². The molecule has 0 nitrogen and oxygen atoms in total. The van der Waals surface area contributed by atoms with Gasteiger partial charge in [0, 0.05) is 5.25 Å². The Labute approximate surface area is 69.8 Å². The number of thioether (sulfide) groups is 1. The topological polar surface area (TPSA) is 0 Å². The minimum Gasteiger partial charge on any atom is -0.162 e. The molecule has 0 aromatic rings. The molecule has 0 saturated heterocycles. The maximum atomic E-state index is 2.32. The quantitative estimate of drug-likeness (QED) is 0.534. The molecule has 0 aliphatic heterocycles. The molecule has 0 saturated carbocycles. The standard InChI is InChI=1S/C9H20S/c1-4-5-6-7-8-9(2)10-3/h9H,4-8H2,1-3H3. The molecule has 0 radical (unpaired) electrons. The Balaban J connectivity index is 2.89. The van der Waals surface area contributed by atoms with Gasteiger partial charge in [0.2, 0.25) is 0 Å². The second kappa shape index (κ2) is 7.46. The second-order valence-corrected chi connectivity index (χ2v) is 4.17. The van der Waals surface area contributed by atoms with E-state index in [1.807, 2.05) is 11.8 Å². The van der Waals surface area contributed by atoms with Crippen LogP contribution in [0.25, 0.3) is 0 Å². The molecule has 0 heterocycles. The Kier molecular flexibility index (Phi) is 7.72. The lowest BCUT2D eigenvalue weighted by Gasteiger charge is -2.05. The van der Waals surface area contributed by atoms with E-state index < -0.39 is 0 Å². The van der Waals surface area contributed by atoms with E-state index in [9.17, 15) is 0 Å². The van der Waals surface area contributed by atoms with Crippen LogP contribution in [0.1, 0.15) is 46.0 Å². The highest BCUT2D eigenvalue weighted by Crippen LogP contribution is 2.14. The molecule has 0 aliphatic rings. The van der Waals surface area contributed by atoms with Crippen molar-refractivity contribution in [1.82, 2.24) is 0 Å². The lowest BCUT2D eigenvalue weighted by molar-refractivity contribution is 0.631. The van der Waals surface area contributed by atoms with Crippen molar-refractivity contribution in [2.75, 3.05) is 6.26 Å². The summed E-state index contributed by atoms with van der Waals surface area (Å²) in [5.41, 5.74) is 0. The first kappa shape index (κ1) is 10.3. The molecule has 0 aromatic heterocycles. The molecule has 1 atom stereocenters. The second-order valence-electron chi connectivity index (χ2n) is 2.90. The fourth-order valence-electron chi connectivity index (χ4n) is 0.976. The average molecular weight is 160 g/mol. The minimum atomic E-state index is 0.872. The number of hydrogen-bond acceptors (Lipinski definition) is 1. The Morgan fingerprint density at radius 3 is 2.40 bits per heavy atom. The summed E-state index contributed by atoms with van der Waals surface area (Å²) >= 11 is 1.98. The van der Waals surface area contributed by atoms with Gasteiger partial charge >= 0.3 is 0 Å².